The summed E-state index contributed by atoms with van der Waals surface area (Å²) in [5.41, 5.74) is 4.68. The fraction of sp³-hybridized carbons (Fsp3) is 0.382. The second-order valence-electron chi connectivity index (χ2n) is 11.5. The molecule has 0 aliphatic heterocycles. The molecule has 0 aliphatic carbocycles. The van der Waals surface area contributed by atoms with Crippen molar-refractivity contribution in [3.8, 4) is 23.3 Å². The maximum Gasteiger partial charge on any atom is 0.338 e. The maximum absolute atomic E-state index is 12.2. The first kappa shape index (κ1) is 28.9. The lowest BCUT2D eigenvalue weighted by molar-refractivity contribution is 0.0600. The molecule has 0 aromatic heterocycles. The first-order chi connectivity index (χ1) is 18.0. The summed E-state index contributed by atoms with van der Waals surface area (Å²) in [5, 5.41) is 0. The fourth-order valence-electron chi connectivity index (χ4n) is 3.79. The van der Waals surface area contributed by atoms with Gasteiger partial charge in [0.2, 0.25) is 0 Å². The Labute approximate surface area is 228 Å². The van der Waals surface area contributed by atoms with Gasteiger partial charge in [-0.25, -0.2) is 4.79 Å². The van der Waals surface area contributed by atoms with Gasteiger partial charge in [-0.3, -0.25) is 0 Å². The highest BCUT2D eigenvalue weighted by Gasteiger charge is 2.21. The van der Waals surface area contributed by atoms with E-state index in [1.54, 1.807) is 12.1 Å². The second kappa shape index (κ2) is 12.7. The number of carbonyl (C=O) groups excluding carboxylic acids is 1. The summed E-state index contributed by atoms with van der Waals surface area (Å²) < 4.78 is 17.0. The molecule has 0 saturated heterocycles. The van der Waals surface area contributed by atoms with Gasteiger partial charge in [-0.15, -0.1) is 0 Å². The van der Waals surface area contributed by atoms with Gasteiger partial charge in [-0.1, -0.05) is 77.6 Å². The molecule has 0 bridgehead atoms. The van der Waals surface area contributed by atoms with Crippen LogP contribution in [0.25, 0.3) is 0 Å². The van der Waals surface area contributed by atoms with Crippen LogP contribution in [-0.4, -0.2) is 26.3 Å². The van der Waals surface area contributed by atoms with Crippen LogP contribution < -0.4 is 9.47 Å². The zero-order chi connectivity index (χ0) is 27.8. The summed E-state index contributed by atoms with van der Waals surface area (Å²) in [6, 6.07) is 21.6. The summed E-state index contributed by atoms with van der Waals surface area (Å²) in [6.45, 7) is 14.5. The van der Waals surface area contributed by atoms with Gasteiger partial charge in [0.1, 0.15) is 11.5 Å². The van der Waals surface area contributed by atoms with Crippen LogP contribution in [-0.2, 0) is 15.6 Å². The number of hydrogen-bond acceptors (Lipinski definition) is 4. The van der Waals surface area contributed by atoms with E-state index in [4.69, 9.17) is 14.2 Å². The zero-order valence-corrected chi connectivity index (χ0v) is 23.8. The molecule has 0 spiro atoms. The average Bonchev–Trinajstić information content (AvgIpc) is 2.88. The predicted octanol–water partition coefficient (Wildman–Crippen LogP) is 7.71. The van der Waals surface area contributed by atoms with Crippen molar-refractivity contribution < 1.29 is 19.0 Å². The molecule has 200 valence electrons. The van der Waals surface area contributed by atoms with Crippen molar-refractivity contribution in [2.24, 2.45) is 0 Å². The summed E-state index contributed by atoms with van der Waals surface area (Å²) in [4.78, 5) is 12.2. The van der Waals surface area contributed by atoms with Crippen LogP contribution in [0.15, 0.2) is 66.7 Å². The molecule has 0 saturated carbocycles. The third kappa shape index (κ3) is 8.70. The number of carbonyl (C=O) groups is 1. The molecular formula is C34H40O4. The van der Waals surface area contributed by atoms with E-state index >= 15 is 0 Å². The minimum Gasteiger partial charge on any atom is -0.494 e. The average molecular weight is 513 g/mol. The van der Waals surface area contributed by atoms with Crippen LogP contribution >= 0.6 is 0 Å². The van der Waals surface area contributed by atoms with Crippen molar-refractivity contribution in [2.75, 3.05) is 20.3 Å². The zero-order valence-electron chi connectivity index (χ0n) is 23.8. The molecule has 3 rings (SSSR count). The lowest BCUT2D eigenvalue weighted by Crippen LogP contribution is -2.16. The minimum atomic E-state index is -0.418. The number of benzene rings is 3. The molecule has 0 heterocycles. The topological polar surface area (TPSA) is 44.8 Å². The van der Waals surface area contributed by atoms with Crippen LogP contribution in [0.5, 0.6) is 11.5 Å². The second-order valence-corrected chi connectivity index (χ2v) is 11.5. The molecule has 0 atom stereocenters. The predicted molar refractivity (Wildman–Crippen MR) is 154 cm³/mol. The maximum atomic E-state index is 12.2. The molecule has 0 N–H and O–H groups in total. The molecule has 4 nitrogen and oxygen atoms in total. The van der Waals surface area contributed by atoms with Gasteiger partial charge in [0.05, 0.1) is 25.9 Å². The fourth-order valence-corrected chi connectivity index (χ4v) is 3.79. The van der Waals surface area contributed by atoms with Crippen molar-refractivity contribution in [2.45, 2.75) is 65.2 Å². The molecule has 3 aromatic rings. The first-order valence-corrected chi connectivity index (χ1v) is 13.2. The van der Waals surface area contributed by atoms with Gasteiger partial charge >= 0.3 is 5.97 Å². The van der Waals surface area contributed by atoms with Gasteiger partial charge in [0.25, 0.3) is 0 Å². The quantitative estimate of drug-likeness (QED) is 0.176. The van der Waals surface area contributed by atoms with Gasteiger partial charge < -0.3 is 14.2 Å². The lowest BCUT2D eigenvalue weighted by Gasteiger charge is -2.26. The van der Waals surface area contributed by atoms with Gasteiger partial charge in [-0.05, 0) is 77.3 Å². The van der Waals surface area contributed by atoms with Crippen LogP contribution in [0, 0.1) is 11.8 Å². The Bertz CT molecular complexity index is 1250. The van der Waals surface area contributed by atoms with Crippen LogP contribution in [0.1, 0.15) is 87.0 Å². The normalized spacial score (nSPS) is 11.3. The van der Waals surface area contributed by atoms with E-state index in [1.165, 1.54) is 18.2 Å². The molecular weight excluding hydrogens is 472 g/mol. The highest BCUT2D eigenvalue weighted by Crippen LogP contribution is 2.33. The highest BCUT2D eigenvalue weighted by molar-refractivity contribution is 5.90. The van der Waals surface area contributed by atoms with Crippen molar-refractivity contribution >= 4 is 5.97 Å². The standard InChI is InChI=1S/C34H40O4/c1-33(2,3)28-22-29(34(4,5)6)24-31(23-28)38-18-12-11-17-37-30-20-26(19-27(21-30)32(35)36-7)16-15-25-13-9-8-10-14-25/h8-10,13-14,19-24H,11-12,17-18H2,1-7H3. The molecule has 38 heavy (non-hydrogen) atoms. The Morgan fingerprint density at radius 2 is 1.21 bits per heavy atom. The van der Waals surface area contributed by atoms with Crippen LogP contribution in [0.3, 0.4) is 0 Å². The number of unbranched alkanes of at least 4 members (excludes halogenated alkanes) is 1. The Balaban J connectivity index is 1.60. The van der Waals surface area contributed by atoms with E-state index in [-0.39, 0.29) is 10.8 Å². The number of esters is 1. The monoisotopic (exact) mass is 512 g/mol. The van der Waals surface area contributed by atoms with Gasteiger partial charge in [0.15, 0.2) is 0 Å². The molecule has 4 heteroatoms. The first-order valence-electron chi connectivity index (χ1n) is 13.2. The van der Waals surface area contributed by atoms with E-state index in [0.29, 0.717) is 30.1 Å². The molecule has 0 fully saturated rings. The Morgan fingerprint density at radius 1 is 0.684 bits per heavy atom. The van der Waals surface area contributed by atoms with Crippen LogP contribution in [0.2, 0.25) is 0 Å². The number of rotatable bonds is 8. The number of hydrogen-bond donors (Lipinski definition) is 0. The highest BCUT2D eigenvalue weighted by atomic mass is 16.5. The summed E-state index contributed by atoms with van der Waals surface area (Å²) in [6.07, 6.45) is 1.67. The summed E-state index contributed by atoms with van der Waals surface area (Å²) in [7, 11) is 1.37. The minimum absolute atomic E-state index is 0.0519. The van der Waals surface area contributed by atoms with E-state index in [2.05, 4.69) is 71.6 Å². The Hall–Kier alpha value is -3.71. The van der Waals surface area contributed by atoms with Crippen molar-refractivity contribution in [3.63, 3.8) is 0 Å². The number of ether oxygens (including phenoxy) is 3. The van der Waals surface area contributed by atoms with E-state index < -0.39 is 5.97 Å². The van der Waals surface area contributed by atoms with Gasteiger partial charge in [0, 0.05) is 11.1 Å². The van der Waals surface area contributed by atoms with Crippen LogP contribution in [0.4, 0.5) is 0 Å². The van der Waals surface area contributed by atoms with Crippen molar-refractivity contribution in [3.05, 3.63) is 94.5 Å². The van der Waals surface area contributed by atoms with Gasteiger partial charge in [-0.2, -0.15) is 0 Å². The molecule has 0 radical (unpaired) electrons. The van der Waals surface area contributed by atoms with E-state index in [9.17, 15) is 4.79 Å². The van der Waals surface area contributed by atoms with E-state index in [0.717, 1.165) is 24.2 Å². The Morgan fingerprint density at radius 3 is 1.74 bits per heavy atom. The van der Waals surface area contributed by atoms with Crippen molar-refractivity contribution in [1.29, 1.82) is 0 Å². The van der Waals surface area contributed by atoms with E-state index in [1.807, 2.05) is 36.4 Å². The summed E-state index contributed by atoms with van der Waals surface area (Å²) >= 11 is 0. The largest absolute Gasteiger partial charge is 0.494 e. The van der Waals surface area contributed by atoms with Crippen molar-refractivity contribution in [1.82, 2.24) is 0 Å². The lowest BCUT2D eigenvalue weighted by atomic mass is 9.80. The molecule has 0 unspecified atom stereocenters. The molecule has 0 aliphatic rings. The molecule has 0 amide bonds. The smallest absolute Gasteiger partial charge is 0.338 e. The SMILES string of the molecule is COC(=O)c1cc(C#Cc2ccccc2)cc(OCCCCOc2cc(C(C)(C)C)cc(C(C)(C)C)c2)c1. The Kier molecular flexibility index (Phi) is 9.64. The third-order valence-corrected chi connectivity index (χ3v) is 6.17. The third-order valence-electron chi connectivity index (χ3n) is 6.17. The molecule has 3 aromatic carbocycles. The summed E-state index contributed by atoms with van der Waals surface area (Å²) in [5.74, 6) is 7.34. The number of methoxy groups -OCH3 is 1.